The Morgan fingerprint density at radius 3 is 1.14 bits per heavy atom. The number of rotatable bonds is 39. The molecule has 0 fully saturated rings. The first kappa shape index (κ1) is 53.3. The fraction of sp³-hybridized carbons (Fsp3) is 0.627. The van der Waals surface area contributed by atoms with E-state index in [2.05, 4.69) is 106 Å². The molecule has 57 heavy (non-hydrogen) atoms. The first-order chi connectivity index (χ1) is 28.0. The van der Waals surface area contributed by atoms with Gasteiger partial charge < -0.3 is 14.2 Å². The lowest BCUT2D eigenvalue weighted by Crippen LogP contribution is -2.30. The molecule has 6 nitrogen and oxygen atoms in total. The number of hydrogen-bond donors (Lipinski definition) is 0. The highest BCUT2D eigenvalue weighted by molar-refractivity contribution is 5.71. The summed E-state index contributed by atoms with van der Waals surface area (Å²) in [7, 11) is 0. The molecule has 6 heteroatoms. The van der Waals surface area contributed by atoms with Gasteiger partial charge in [-0.25, -0.2) is 0 Å². The molecule has 0 amide bonds. The molecule has 0 bridgehead atoms. The van der Waals surface area contributed by atoms with Gasteiger partial charge in [-0.1, -0.05) is 182 Å². The lowest BCUT2D eigenvalue weighted by Gasteiger charge is -2.18. The molecule has 0 rings (SSSR count). The molecule has 0 heterocycles. The van der Waals surface area contributed by atoms with E-state index in [4.69, 9.17) is 14.2 Å². The molecular formula is C51H82O6. The lowest BCUT2D eigenvalue weighted by molar-refractivity contribution is -0.166. The molecule has 0 radical (unpaired) electrons. The molecule has 0 aliphatic heterocycles. The van der Waals surface area contributed by atoms with E-state index in [-0.39, 0.29) is 31.6 Å². The summed E-state index contributed by atoms with van der Waals surface area (Å²) in [6.45, 7) is 6.27. The zero-order valence-electron chi connectivity index (χ0n) is 36.6. The van der Waals surface area contributed by atoms with Crippen LogP contribution in [-0.4, -0.2) is 37.2 Å². The number of carbonyl (C=O) groups is 3. The zero-order chi connectivity index (χ0) is 41.5. The Morgan fingerprint density at radius 1 is 0.368 bits per heavy atom. The SMILES string of the molecule is CC/C=C\C/C=C\C/C=C\C/C=C\CCCCCCC(=O)OCC(COC(=O)CCCCCCCCCCC)OC(=O)CC/C=C\C/C=C\C/C=C\C/C=C\CC. The van der Waals surface area contributed by atoms with Gasteiger partial charge in [0.2, 0.25) is 0 Å². The Labute approximate surface area is 349 Å². The van der Waals surface area contributed by atoms with Gasteiger partial charge in [0.25, 0.3) is 0 Å². The molecule has 0 N–H and O–H groups in total. The highest BCUT2D eigenvalue weighted by atomic mass is 16.6. The minimum absolute atomic E-state index is 0.115. The van der Waals surface area contributed by atoms with Crippen LogP contribution in [0.15, 0.2) is 97.2 Å². The first-order valence-electron chi connectivity index (χ1n) is 22.7. The highest BCUT2D eigenvalue weighted by Crippen LogP contribution is 2.12. The van der Waals surface area contributed by atoms with E-state index in [0.29, 0.717) is 19.3 Å². The predicted molar refractivity (Wildman–Crippen MR) is 242 cm³/mol. The largest absolute Gasteiger partial charge is 0.462 e. The minimum Gasteiger partial charge on any atom is -0.462 e. The van der Waals surface area contributed by atoms with Crippen LogP contribution in [-0.2, 0) is 28.6 Å². The molecule has 0 aliphatic carbocycles. The summed E-state index contributed by atoms with van der Waals surface area (Å²) in [5.74, 6) is -1.03. The van der Waals surface area contributed by atoms with Gasteiger partial charge in [0.1, 0.15) is 13.2 Å². The summed E-state index contributed by atoms with van der Waals surface area (Å²) in [5, 5.41) is 0. The summed E-state index contributed by atoms with van der Waals surface area (Å²) < 4.78 is 16.6. The first-order valence-corrected chi connectivity index (χ1v) is 22.7. The summed E-state index contributed by atoms with van der Waals surface area (Å²) in [5.41, 5.74) is 0. The van der Waals surface area contributed by atoms with E-state index in [0.717, 1.165) is 103 Å². The van der Waals surface area contributed by atoms with Crippen molar-refractivity contribution in [3.05, 3.63) is 97.2 Å². The zero-order valence-corrected chi connectivity index (χ0v) is 36.6. The van der Waals surface area contributed by atoms with Crippen LogP contribution in [0.5, 0.6) is 0 Å². The van der Waals surface area contributed by atoms with Crippen LogP contribution in [0.4, 0.5) is 0 Å². The molecule has 322 valence electrons. The van der Waals surface area contributed by atoms with E-state index >= 15 is 0 Å². The van der Waals surface area contributed by atoms with Crippen molar-refractivity contribution in [3.63, 3.8) is 0 Å². The van der Waals surface area contributed by atoms with Crippen molar-refractivity contribution in [1.82, 2.24) is 0 Å². The smallest absolute Gasteiger partial charge is 0.306 e. The van der Waals surface area contributed by atoms with Crippen LogP contribution in [0.25, 0.3) is 0 Å². The quantitative estimate of drug-likeness (QED) is 0.0267. The summed E-state index contributed by atoms with van der Waals surface area (Å²) >= 11 is 0. The van der Waals surface area contributed by atoms with E-state index in [1.54, 1.807) is 0 Å². The van der Waals surface area contributed by atoms with Crippen LogP contribution in [0.2, 0.25) is 0 Å². The van der Waals surface area contributed by atoms with Crippen LogP contribution in [0, 0.1) is 0 Å². The molecule has 0 aromatic carbocycles. The predicted octanol–water partition coefficient (Wildman–Crippen LogP) is 14.6. The van der Waals surface area contributed by atoms with Gasteiger partial charge >= 0.3 is 17.9 Å². The van der Waals surface area contributed by atoms with Gasteiger partial charge in [-0.15, -0.1) is 0 Å². The maximum Gasteiger partial charge on any atom is 0.306 e. The van der Waals surface area contributed by atoms with Crippen LogP contribution < -0.4 is 0 Å². The maximum absolute atomic E-state index is 12.7. The van der Waals surface area contributed by atoms with Crippen molar-refractivity contribution in [3.8, 4) is 0 Å². The molecule has 0 spiro atoms. The molecule has 0 aliphatic rings. The van der Waals surface area contributed by atoms with Crippen LogP contribution >= 0.6 is 0 Å². The molecule has 1 atom stereocenters. The second kappa shape index (κ2) is 45.0. The topological polar surface area (TPSA) is 78.9 Å². The fourth-order valence-electron chi connectivity index (χ4n) is 5.74. The Kier molecular flexibility index (Phi) is 42.1. The molecule has 0 saturated heterocycles. The van der Waals surface area contributed by atoms with Gasteiger partial charge in [-0.2, -0.15) is 0 Å². The second-order valence-electron chi connectivity index (χ2n) is 14.5. The number of unbranched alkanes of at least 4 members (excludes halogenated alkanes) is 12. The average Bonchev–Trinajstić information content (AvgIpc) is 3.21. The minimum atomic E-state index is -0.822. The van der Waals surface area contributed by atoms with Gasteiger partial charge in [0.15, 0.2) is 6.10 Å². The van der Waals surface area contributed by atoms with E-state index in [1.165, 1.54) is 38.5 Å². The van der Waals surface area contributed by atoms with Crippen molar-refractivity contribution in [1.29, 1.82) is 0 Å². The molecular weight excluding hydrogens is 709 g/mol. The van der Waals surface area contributed by atoms with Crippen molar-refractivity contribution >= 4 is 17.9 Å². The van der Waals surface area contributed by atoms with E-state index < -0.39 is 12.1 Å². The average molecular weight is 791 g/mol. The highest BCUT2D eigenvalue weighted by Gasteiger charge is 2.19. The van der Waals surface area contributed by atoms with Gasteiger partial charge in [0.05, 0.1) is 0 Å². The monoisotopic (exact) mass is 791 g/mol. The summed E-state index contributed by atoms with van der Waals surface area (Å²) in [6.07, 6.45) is 58.3. The summed E-state index contributed by atoms with van der Waals surface area (Å²) in [4.78, 5) is 37.7. The third-order valence-electron chi connectivity index (χ3n) is 9.10. The number of carbonyl (C=O) groups excluding carboxylic acids is 3. The number of ether oxygens (including phenoxy) is 3. The standard InChI is InChI=1S/C51H82O6/c1-4-7-10-13-16-19-21-23-24-25-26-28-29-32-35-38-41-44-50(53)56-47-48(46-55-49(52)43-40-37-34-31-18-15-12-9-6-3)57-51(54)45-42-39-36-33-30-27-22-20-17-14-11-8-5-2/h7-8,10-11,16-17,19-20,23-24,26-28,30,36,39,48H,4-6,9,12-15,18,21-22,25,29,31-35,37-38,40-47H2,1-3H3/b10-7-,11-8-,19-16-,20-17-,24-23-,28-26-,30-27-,39-36-. The number of allylic oxidation sites excluding steroid dienone is 16. The van der Waals surface area contributed by atoms with E-state index in [1.807, 2.05) is 12.2 Å². The molecule has 0 aromatic rings. The third-order valence-corrected chi connectivity index (χ3v) is 9.10. The third kappa shape index (κ3) is 43.3. The number of hydrogen-bond acceptors (Lipinski definition) is 6. The van der Waals surface area contributed by atoms with Gasteiger partial charge in [-0.3, -0.25) is 14.4 Å². The Hall–Kier alpha value is -3.67. The second-order valence-corrected chi connectivity index (χ2v) is 14.5. The van der Waals surface area contributed by atoms with Crippen LogP contribution in [0.3, 0.4) is 0 Å². The van der Waals surface area contributed by atoms with Crippen molar-refractivity contribution in [2.45, 2.75) is 194 Å². The van der Waals surface area contributed by atoms with Gasteiger partial charge in [0, 0.05) is 19.3 Å². The van der Waals surface area contributed by atoms with E-state index in [9.17, 15) is 14.4 Å². The Balaban J connectivity index is 4.50. The maximum atomic E-state index is 12.7. The molecule has 1 unspecified atom stereocenters. The molecule has 0 aromatic heterocycles. The van der Waals surface area contributed by atoms with Crippen molar-refractivity contribution < 1.29 is 28.6 Å². The van der Waals surface area contributed by atoms with Crippen molar-refractivity contribution in [2.75, 3.05) is 13.2 Å². The number of esters is 3. The van der Waals surface area contributed by atoms with Gasteiger partial charge in [-0.05, 0) is 83.5 Å². The Bertz CT molecular complexity index is 1180. The van der Waals surface area contributed by atoms with Crippen LogP contribution in [0.1, 0.15) is 188 Å². The molecule has 0 saturated carbocycles. The lowest BCUT2D eigenvalue weighted by atomic mass is 10.1. The Morgan fingerprint density at radius 2 is 0.719 bits per heavy atom. The normalized spacial score (nSPS) is 13.0. The fourth-order valence-corrected chi connectivity index (χ4v) is 5.74. The summed E-state index contributed by atoms with van der Waals surface area (Å²) in [6, 6.07) is 0. The van der Waals surface area contributed by atoms with Crippen molar-refractivity contribution in [2.24, 2.45) is 0 Å².